The average Bonchev–Trinajstić information content (AvgIpc) is 2.48. The van der Waals surface area contributed by atoms with E-state index in [-0.39, 0.29) is 7.92 Å². The van der Waals surface area contributed by atoms with Crippen molar-refractivity contribution in [1.82, 2.24) is 0 Å². The molecule has 1 aliphatic heterocycles. The molecule has 0 bridgehead atoms. The largest absolute Gasteiger partial charge is 0.0695 e. The molecule has 0 N–H and O–H groups in total. The lowest BCUT2D eigenvalue weighted by Gasteiger charge is -2.20. The zero-order chi connectivity index (χ0) is 9.26. The molecule has 70 valence electrons. The first-order valence-electron chi connectivity index (χ1n) is 5.12. The second-order valence-electron chi connectivity index (χ2n) is 4.02. The molecule has 1 fully saturated rings. The molecule has 0 aromatic heterocycles. The third-order valence-corrected chi connectivity index (χ3v) is 6.32. The van der Waals surface area contributed by atoms with Gasteiger partial charge >= 0.3 is 0 Å². The topological polar surface area (TPSA) is 0 Å². The van der Waals surface area contributed by atoms with E-state index in [2.05, 4.69) is 44.2 Å². The number of rotatable bonds is 1. The molecule has 1 aromatic rings. The number of benzene rings is 1. The zero-order valence-electron chi connectivity index (χ0n) is 8.40. The number of hydrogen-bond acceptors (Lipinski definition) is 0. The van der Waals surface area contributed by atoms with Gasteiger partial charge in [-0.3, -0.25) is 0 Å². The van der Waals surface area contributed by atoms with Crippen molar-refractivity contribution in [3.05, 3.63) is 30.3 Å². The van der Waals surface area contributed by atoms with Gasteiger partial charge in [0, 0.05) is 0 Å². The van der Waals surface area contributed by atoms with Gasteiger partial charge in [0.15, 0.2) is 0 Å². The Bertz CT molecular complexity index is 258. The predicted octanol–water partition coefficient (Wildman–Crippen LogP) is 3.36. The van der Waals surface area contributed by atoms with Crippen LogP contribution in [0, 0.1) is 0 Å². The van der Waals surface area contributed by atoms with E-state index in [9.17, 15) is 0 Å². The lowest BCUT2D eigenvalue weighted by molar-refractivity contribution is 0.777. The molecular formula is C12H17P. The number of hydrogen-bond donors (Lipinski definition) is 0. The summed E-state index contributed by atoms with van der Waals surface area (Å²) in [5, 5.41) is 1.61. The molecule has 2 rings (SSSR count). The molecule has 13 heavy (non-hydrogen) atoms. The van der Waals surface area contributed by atoms with Gasteiger partial charge in [-0.2, -0.15) is 0 Å². The summed E-state index contributed by atoms with van der Waals surface area (Å²) in [7, 11) is 0.137. The van der Waals surface area contributed by atoms with Crippen molar-refractivity contribution < 1.29 is 0 Å². The highest BCUT2D eigenvalue weighted by atomic mass is 31.1. The lowest BCUT2D eigenvalue weighted by atomic mass is 10.2. The quantitative estimate of drug-likeness (QED) is 0.598. The minimum atomic E-state index is 0.137. The molecule has 1 heterocycles. The summed E-state index contributed by atoms with van der Waals surface area (Å²) >= 11 is 0. The van der Waals surface area contributed by atoms with Crippen LogP contribution in [0.5, 0.6) is 0 Å². The maximum atomic E-state index is 2.42. The maximum Gasteiger partial charge on any atom is -0.0195 e. The first kappa shape index (κ1) is 9.21. The van der Waals surface area contributed by atoms with Gasteiger partial charge in [0.1, 0.15) is 0 Å². The highest BCUT2D eigenvalue weighted by Crippen LogP contribution is 2.54. The second kappa shape index (κ2) is 3.80. The molecule has 1 heteroatoms. The van der Waals surface area contributed by atoms with E-state index in [4.69, 9.17) is 0 Å². The van der Waals surface area contributed by atoms with Crippen LogP contribution in [0.25, 0.3) is 0 Å². The van der Waals surface area contributed by atoms with Crippen LogP contribution in [0.2, 0.25) is 0 Å². The molecule has 0 amide bonds. The van der Waals surface area contributed by atoms with Crippen LogP contribution >= 0.6 is 7.92 Å². The van der Waals surface area contributed by atoms with Crippen molar-refractivity contribution in [2.45, 2.75) is 38.0 Å². The van der Waals surface area contributed by atoms with Gasteiger partial charge in [0.25, 0.3) is 0 Å². The summed E-state index contributed by atoms with van der Waals surface area (Å²) in [4.78, 5) is 0. The van der Waals surface area contributed by atoms with Gasteiger partial charge in [-0.25, -0.2) is 0 Å². The highest BCUT2D eigenvalue weighted by molar-refractivity contribution is 7.67. The third-order valence-electron chi connectivity index (χ3n) is 3.01. The van der Waals surface area contributed by atoms with Gasteiger partial charge in [0.05, 0.1) is 0 Å². The first-order valence-corrected chi connectivity index (χ1v) is 6.60. The molecule has 1 unspecified atom stereocenters. The van der Waals surface area contributed by atoms with E-state index >= 15 is 0 Å². The Morgan fingerprint density at radius 2 is 1.54 bits per heavy atom. The van der Waals surface area contributed by atoms with E-state index in [1.54, 1.807) is 5.30 Å². The van der Waals surface area contributed by atoms with Gasteiger partial charge in [-0.15, -0.1) is 0 Å². The molecule has 0 nitrogen and oxygen atoms in total. The second-order valence-corrected chi connectivity index (χ2v) is 7.11. The predicted molar refractivity (Wildman–Crippen MR) is 61.2 cm³/mol. The van der Waals surface area contributed by atoms with E-state index in [1.807, 2.05) is 0 Å². The smallest absolute Gasteiger partial charge is 0.0195 e. The van der Waals surface area contributed by atoms with Crippen LogP contribution in [-0.2, 0) is 0 Å². The van der Waals surface area contributed by atoms with Crippen LogP contribution in [0.4, 0.5) is 0 Å². The molecule has 1 saturated heterocycles. The van der Waals surface area contributed by atoms with Crippen molar-refractivity contribution >= 4 is 13.2 Å². The SMILES string of the molecule is C[C@@H]1CC[C@H](C)P1c1ccccc1. The fourth-order valence-electron chi connectivity index (χ4n) is 2.30. The summed E-state index contributed by atoms with van der Waals surface area (Å²) in [5.41, 5.74) is 1.87. The average molecular weight is 192 g/mol. The summed E-state index contributed by atoms with van der Waals surface area (Å²) in [5.74, 6) is 0. The monoisotopic (exact) mass is 192 g/mol. The fourth-order valence-corrected chi connectivity index (χ4v) is 5.56. The van der Waals surface area contributed by atoms with Gasteiger partial charge in [-0.05, 0) is 29.5 Å². The normalized spacial score (nSPS) is 33.5. The Labute approximate surface area is 82.1 Å². The zero-order valence-corrected chi connectivity index (χ0v) is 9.30. The lowest BCUT2D eigenvalue weighted by Crippen LogP contribution is -2.10. The molecular weight excluding hydrogens is 175 g/mol. The van der Waals surface area contributed by atoms with Crippen molar-refractivity contribution in [3.8, 4) is 0 Å². The summed E-state index contributed by atoms with van der Waals surface area (Å²) in [6, 6.07) is 11.1. The first-order chi connectivity index (χ1) is 6.29. The van der Waals surface area contributed by atoms with Crippen molar-refractivity contribution in [1.29, 1.82) is 0 Å². The van der Waals surface area contributed by atoms with Crippen LogP contribution in [0.1, 0.15) is 26.7 Å². The van der Waals surface area contributed by atoms with E-state index < -0.39 is 0 Å². The molecule has 0 radical (unpaired) electrons. The minimum absolute atomic E-state index is 0.137. The van der Waals surface area contributed by atoms with E-state index in [0.29, 0.717) is 0 Å². The Kier molecular flexibility index (Phi) is 2.69. The van der Waals surface area contributed by atoms with Crippen LogP contribution in [0.15, 0.2) is 30.3 Å². The molecule has 3 atom stereocenters. The highest BCUT2D eigenvalue weighted by Gasteiger charge is 2.30. The summed E-state index contributed by atoms with van der Waals surface area (Å²) < 4.78 is 0. The molecule has 0 saturated carbocycles. The summed E-state index contributed by atoms with van der Waals surface area (Å²) in [6.07, 6.45) is 2.86. The Hall–Kier alpha value is -0.350. The van der Waals surface area contributed by atoms with Gasteiger partial charge < -0.3 is 0 Å². The fraction of sp³-hybridized carbons (Fsp3) is 0.500. The van der Waals surface area contributed by atoms with Gasteiger partial charge in [0.2, 0.25) is 0 Å². The summed E-state index contributed by atoms with van der Waals surface area (Å²) in [6.45, 7) is 4.84. The van der Waals surface area contributed by atoms with Gasteiger partial charge in [-0.1, -0.05) is 52.1 Å². The minimum Gasteiger partial charge on any atom is -0.0695 e. The third kappa shape index (κ3) is 1.79. The van der Waals surface area contributed by atoms with Crippen molar-refractivity contribution in [3.63, 3.8) is 0 Å². The molecule has 1 aromatic carbocycles. The standard InChI is InChI=1S/C12H17P/c1-10-8-9-11(2)13(10)12-6-4-3-5-7-12/h3-7,10-11H,8-9H2,1-2H3/t10-,11+,13?. The van der Waals surface area contributed by atoms with Crippen molar-refractivity contribution in [2.75, 3.05) is 0 Å². The van der Waals surface area contributed by atoms with Crippen LogP contribution in [-0.4, -0.2) is 11.3 Å². The van der Waals surface area contributed by atoms with Crippen LogP contribution < -0.4 is 5.30 Å². The van der Waals surface area contributed by atoms with E-state index in [0.717, 1.165) is 11.3 Å². The van der Waals surface area contributed by atoms with Crippen molar-refractivity contribution in [2.24, 2.45) is 0 Å². The maximum absolute atomic E-state index is 2.42. The van der Waals surface area contributed by atoms with E-state index in [1.165, 1.54) is 12.8 Å². The molecule has 0 spiro atoms. The van der Waals surface area contributed by atoms with Crippen LogP contribution in [0.3, 0.4) is 0 Å². The molecule has 1 aliphatic rings. The molecule has 0 aliphatic carbocycles. The Morgan fingerprint density at radius 1 is 1.00 bits per heavy atom. The Morgan fingerprint density at radius 3 is 2.08 bits per heavy atom. The Balaban J connectivity index is 2.25.